The maximum Gasteiger partial charge on any atom is 0.334 e. The summed E-state index contributed by atoms with van der Waals surface area (Å²) in [6.07, 6.45) is -7.01. The molecule has 3 heterocycles. The third-order valence-electron chi connectivity index (χ3n) is 9.71. The number of fused-ring (bicyclic) bond motifs is 4. The molecule has 13 heteroatoms. The largest absolute Gasteiger partial charge is 0.466 e. The van der Waals surface area contributed by atoms with E-state index in [9.17, 15) is 39.9 Å². The molecule has 0 aromatic heterocycles. The number of rotatable bonds is 7. The Morgan fingerprint density at radius 2 is 1.85 bits per heavy atom. The summed E-state index contributed by atoms with van der Waals surface area (Å²) in [6, 6.07) is 0. The predicted octanol–water partition coefficient (Wildman–Crippen LogP) is -1.17. The summed E-state index contributed by atoms with van der Waals surface area (Å²) in [5.41, 5.74) is -1.39. The van der Waals surface area contributed by atoms with Crippen molar-refractivity contribution >= 4 is 17.9 Å². The molecule has 5 rings (SSSR count). The Morgan fingerprint density at radius 3 is 2.48 bits per heavy atom. The molecule has 0 spiro atoms. The molecule has 5 N–H and O–H groups in total. The average Bonchev–Trinajstić information content (AvgIpc) is 3.47. The lowest BCUT2D eigenvalue weighted by molar-refractivity contribution is -0.312. The van der Waals surface area contributed by atoms with Crippen LogP contribution in [0.3, 0.4) is 0 Å². The lowest BCUT2D eigenvalue weighted by atomic mass is 9.46. The van der Waals surface area contributed by atoms with Crippen LogP contribution in [0.4, 0.5) is 0 Å². The summed E-state index contributed by atoms with van der Waals surface area (Å²) in [4.78, 5) is 38.2. The van der Waals surface area contributed by atoms with E-state index in [1.165, 1.54) is 7.11 Å². The normalized spacial score (nSPS) is 45.1. The van der Waals surface area contributed by atoms with Crippen molar-refractivity contribution in [3.63, 3.8) is 0 Å². The number of methoxy groups -OCH3 is 1. The van der Waals surface area contributed by atoms with Crippen molar-refractivity contribution in [1.29, 1.82) is 0 Å². The third kappa shape index (κ3) is 4.39. The van der Waals surface area contributed by atoms with Crippen LogP contribution in [-0.4, -0.2) is 106 Å². The first kappa shape index (κ1) is 29.1. The molecule has 12 atom stereocenters. The Kier molecular flexibility index (Phi) is 7.62. The SMILES string of the molecule is COC(=O)C1=CCC[C@H]2[C@](C)(CC(O[C@@H]3O[C@H](CO)[C@@H](O)[C@H](O)[C@H]3O)C3=CC(=O)OC3O)[C@H]3C[C@H](OC3=O)[C@@]12C. The van der Waals surface area contributed by atoms with Crippen molar-refractivity contribution < 1.29 is 63.6 Å². The van der Waals surface area contributed by atoms with Crippen LogP contribution in [0.15, 0.2) is 23.3 Å². The van der Waals surface area contributed by atoms with Gasteiger partial charge in [-0.25, -0.2) is 9.59 Å². The van der Waals surface area contributed by atoms with Gasteiger partial charge in [0.25, 0.3) is 0 Å². The van der Waals surface area contributed by atoms with Crippen LogP contribution < -0.4 is 0 Å². The highest BCUT2D eigenvalue weighted by Crippen LogP contribution is 2.66. The standard InChI is InChI=1S/C27H36O13/c1-26(13-8-17(39-24(13)35)27(2)12(23(34)36-3)5-4-6-16(26)27)9-14(11-7-18(29)40-22(11)33)37-25-21(32)20(31)19(30)15(10-28)38-25/h5,7,13-17,19-22,25,28,30-33H,4,6,8-10H2,1-3H3/t13-,14?,15+,16-,17-,19+,20-,21+,22?,25+,26+,27-/m0/s1. The quantitative estimate of drug-likeness (QED) is 0.182. The van der Waals surface area contributed by atoms with E-state index >= 15 is 0 Å². The van der Waals surface area contributed by atoms with Crippen molar-refractivity contribution in [2.45, 2.75) is 88.7 Å². The number of aliphatic hydroxyl groups is 5. The first-order chi connectivity index (χ1) is 18.9. The fourth-order valence-corrected chi connectivity index (χ4v) is 7.60. The van der Waals surface area contributed by atoms with Gasteiger partial charge in [0.15, 0.2) is 6.29 Å². The van der Waals surface area contributed by atoms with Crippen molar-refractivity contribution in [2.24, 2.45) is 22.7 Å². The molecule has 3 aliphatic heterocycles. The number of hydrogen-bond acceptors (Lipinski definition) is 13. The van der Waals surface area contributed by atoms with E-state index < -0.39 is 90.5 Å². The van der Waals surface area contributed by atoms with Crippen molar-refractivity contribution in [1.82, 2.24) is 0 Å². The van der Waals surface area contributed by atoms with Gasteiger partial charge in [0.05, 0.1) is 25.7 Å². The van der Waals surface area contributed by atoms with Crippen LogP contribution in [0.5, 0.6) is 0 Å². The van der Waals surface area contributed by atoms with Crippen molar-refractivity contribution in [2.75, 3.05) is 13.7 Å². The molecule has 2 aliphatic carbocycles. The monoisotopic (exact) mass is 568 g/mol. The fourth-order valence-electron chi connectivity index (χ4n) is 7.60. The minimum absolute atomic E-state index is 0.00273. The van der Waals surface area contributed by atoms with Gasteiger partial charge in [0.1, 0.15) is 30.5 Å². The van der Waals surface area contributed by atoms with E-state index in [0.717, 1.165) is 6.08 Å². The Bertz CT molecular complexity index is 1120. The lowest BCUT2D eigenvalue weighted by Crippen LogP contribution is -2.60. The Labute approximate surface area is 230 Å². The number of carbonyl (C=O) groups is 3. The van der Waals surface area contributed by atoms with Crippen LogP contribution in [-0.2, 0) is 38.1 Å². The summed E-state index contributed by atoms with van der Waals surface area (Å²) in [6.45, 7) is 3.07. The minimum atomic E-state index is -1.75. The van der Waals surface area contributed by atoms with E-state index in [4.69, 9.17) is 23.7 Å². The van der Waals surface area contributed by atoms with Gasteiger partial charge in [-0.2, -0.15) is 0 Å². The second-order valence-electron chi connectivity index (χ2n) is 11.7. The summed E-state index contributed by atoms with van der Waals surface area (Å²) in [5, 5.41) is 51.3. The van der Waals surface area contributed by atoms with Crippen LogP contribution >= 0.6 is 0 Å². The maximum absolute atomic E-state index is 13.2. The molecular weight excluding hydrogens is 532 g/mol. The van der Waals surface area contributed by atoms with Crippen LogP contribution in [0.2, 0.25) is 0 Å². The van der Waals surface area contributed by atoms with Gasteiger partial charge in [-0.05, 0) is 37.0 Å². The Morgan fingerprint density at radius 1 is 1.12 bits per heavy atom. The molecular formula is C27H36O13. The molecule has 5 aliphatic rings. The molecule has 2 bridgehead atoms. The van der Waals surface area contributed by atoms with Gasteiger partial charge in [-0.1, -0.05) is 19.9 Å². The number of carbonyl (C=O) groups excluding carboxylic acids is 3. The zero-order chi connectivity index (χ0) is 29.1. The molecule has 1 saturated carbocycles. The first-order valence-electron chi connectivity index (χ1n) is 13.4. The highest BCUT2D eigenvalue weighted by atomic mass is 16.7. The lowest BCUT2D eigenvalue weighted by Gasteiger charge is -2.56. The maximum atomic E-state index is 13.2. The highest BCUT2D eigenvalue weighted by molar-refractivity contribution is 5.91. The van der Waals surface area contributed by atoms with Gasteiger partial charge in [-0.15, -0.1) is 0 Å². The first-order valence-corrected chi connectivity index (χ1v) is 13.4. The molecule has 40 heavy (non-hydrogen) atoms. The van der Waals surface area contributed by atoms with Gasteiger partial charge in [-0.3, -0.25) is 4.79 Å². The zero-order valence-electron chi connectivity index (χ0n) is 22.5. The van der Waals surface area contributed by atoms with Gasteiger partial charge in [0, 0.05) is 22.6 Å². The molecule has 222 valence electrons. The highest BCUT2D eigenvalue weighted by Gasteiger charge is 2.68. The number of esters is 3. The average molecular weight is 569 g/mol. The number of aliphatic hydroxyl groups excluding tert-OH is 5. The van der Waals surface area contributed by atoms with Crippen LogP contribution in [0.25, 0.3) is 0 Å². The molecule has 3 fully saturated rings. The second kappa shape index (κ2) is 10.5. The second-order valence-corrected chi connectivity index (χ2v) is 11.7. The number of allylic oxidation sites excluding steroid dienone is 1. The van der Waals surface area contributed by atoms with E-state index in [1.807, 2.05) is 19.9 Å². The fraction of sp³-hybridized carbons (Fsp3) is 0.741. The smallest absolute Gasteiger partial charge is 0.334 e. The molecule has 2 unspecified atom stereocenters. The summed E-state index contributed by atoms with van der Waals surface area (Å²) in [5.74, 6) is -2.68. The van der Waals surface area contributed by atoms with Crippen LogP contribution in [0, 0.1) is 22.7 Å². The Balaban J connectivity index is 1.54. The molecule has 2 saturated heterocycles. The van der Waals surface area contributed by atoms with Crippen molar-refractivity contribution in [3.05, 3.63) is 23.3 Å². The molecule has 0 amide bonds. The third-order valence-corrected chi connectivity index (χ3v) is 9.71. The van der Waals surface area contributed by atoms with Gasteiger partial charge >= 0.3 is 17.9 Å². The van der Waals surface area contributed by atoms with Crippen LogP contribution in [0.1, 0.15) is 39.5 Å². The molecule has 0 aromatic rings. The number of ether oxygens (including phenoxy) is 5. The number of cyclic esters (lactones) is 1. The van der Waals surface area contributed by atoms with Gasteiger partial charge in [0.2, 0.25) is 6.29 Å². The van der Waals surface area contributed by atoms with E-state index in [0.29, 0.717) is 24.8 Å². The summed E-state index contributed by atoms with van der Waals surface area (Å²) in [7, 11) is 1.29. The summed E-state index contributed by atoms with van der Waals surface area (Å²) < 4.78 is 27.4. The number of hydrogen-bond donors (Lipinski definition) is 5. The Hall–Kier alpha value is -2.39. The zero-order valence-corrected chi connectivity index (χ0v) is 22.5. The summed E-state index contributed by atoms with van der Waals surface area (Å²) >= 11 is 0. The topological polar surface area (TPSA) is 199 Å². The molecule has 0 radical (unpaired) electrons. The van der Waals surface area contributed by atoms with E-state index in [1.54, 1.807) is 0 Å². The minimum Gasteiger partial charge on any atom is -0.466 e. The molecule has 0 aromatic carbocycles. The van der Waals surface area contributed by atoms with E-state index in [2.05, 4.69) is 0 Å². The van der Waals surface area contributed by atoms with Crippen molar-refractivity contribution in [3.8, 4) is 0 Å². The van der Waals surface area contributed by atoms with Gasteiger partial charge < -0.3 is 49.2 Å². The van der Waals surface area contributed by atoms with E-state index in [-0.39, 0.29) is 17.9 Å². The predicted molar refractivity (Wildman–Crippen MR) is 130 cm³/mol. The molecule has 13 nitrogen and oxygen atoms in total.